The molecule has 2 heterocycles. The summed E-state index contributed by atoms with van der Waals surface area (Å²) in [7, 11) is 0. The van der Waals surface area contributed by atoms with Crippen molar-refractivity contribution in [3.8, 4) is 0 Å². The van der Waals surface area contributed by atoms with Crippen molar-refractivity contribution in [2.24, 2.45) is 0 Å². The third kappa shape index (κ3) is 3.01. The Kier molecular flexibility index (Phi) is 3.69. The lowest BCUT2D eigenvalue weighted by molar-refractivity contribution is 0.0945. The molecule has 0 bridgehead atoms. The first kappa shape index (κ1) is 13.3. The largest absolute Gasteiger partial charge is 0.465 e. The molecule has 6 heteroatoms. The van der Waals surface area contributed by atoms with Gasteiger partial charge in [0.25, 0.3) is 5.91 Å². The highest BCUT2D eigenvalue weighted by Gasteiger charge is 2.17. The third-order valence-corrected chi connectivity index (χ3v) is 2.72. The fraction of sp³-hybridized carbons (Fsp3) is 0.462. The van der Waals surface area contributed by atoms with Crippen molar-refractivity contribution in [2.45, 2.75) is 40.2 Å². The zero-order valence-electron chi connectivity index (χ0n) is 11.5. The number of amides is 1. The average Bonchev–Trinajstić information content (AvgIpc) is 2.92. The quantitative estimate of drug-likeness (QED) is 0.915. The monoisotopic (exact) mass is 263 g/mol. The normalized spacial score (nSPS) is 11.0. The number of carbonyl (C=O) groups is 1. The number of rotatable bonds is 4. The third-order valence-electron chi connectivity index (χ3n) is 2.72. The maximum absolute atomic E-state index is 12.0. The summed E-state index contributed by atoms with van der Waals surface area (Å²) in [5.74, 6) is 2.32. The van der Waals surface area contributed by atoms with Crippen molar-refractivity contribution in [2.75, 3.05) is 0 Å². The van der Waals surface area contributed by atoms with Crippen molar-refractivity contribution in [3.05, 3.63) is 34.9 Å². The second-order valence-electron chi connectivity index (χ2n) is 4.67. The van der Waals surface area contributed by atoms with Crippen LogP contribution in [-0.4, -0.2) is 16.1 Å². The molecule has 0 aliphatic rings. The summed E-state index contributed by atoms with van der Waals surface area (Å²) >= 11 is 0. The molecule has 2 rings (SSSR count). The highest BCUT2D eigenvalue weighted by atomic mass is 16.4. The van der Waals surface area contributed by atoms with Gasteiger partial charge in [0.1, 0.15) is 11.5 Å². The number of carbonyl (C=O) groups excluding carboxylic acids is 1. The Balaban J connectivity index is 2.03. The lowest BCUT2D eigenvalue weighted by atomic mass is 10.1. The molecule has 102 valence electrons. The maximum Gasteiger partial charge on any atom is 0.255 e. The second kappa shape index (κ2) is 5.26. The van der Waals surface area contributed by atoms with Crippen molar-refractivity contribution in [1.82, 2.24) is 15.5 Å². The van der Waals surface area contributed by atoms with E-state index in [4.69, 9.17) is 8.83 Å². The van der Waals surface area contributed by atoms with Crippen LogP contribution < -0.4 is 5.32 Å². The summed E-state index contributed by atoms with van der Waals surface area (Å²) in [6.45, 7) is 7.72. The zero-order chi connectivity index (χ0) is 14.0. The van der Waals surface area contributed by atoms with E-state index in [2.05, 4.69) is 15.5 Å². The van der Waals surface area contributed by atoms with E-state index in [-0.39, 0.29) is 18.4 Å². The van der Waals surface area contributed by atoms with E-state index >= 15 is 0 Å². The molecule has 0 fully saturated rings. The molecule has 2 aromatic rings. The lowest BCUT2D eigenvalue weighted by Crippen LogP contribution is -2.23. The van der Waals surface area contributed by atoms with E-state index in [9.17, 15) is 4.79 Å². The molecule has 6 nitrogen and oxygen atoms in total. The first-order valence-corrected chi connectivity index (χ1v) is 6.15. The number of furan rings is 1. The molecule has 0 aliphatic heterocycles. The predicted octanol–water partition coefficient (Wildman–Crippen LogP) is 2.33. The van der Waals surface area contributed by atoms with Gasteiger partial charge in [-0.25, -0.2) is 0 Å². The van der Waals surface area contributed by atoms with Gasteiger partial charge in [-0.2, -0.15) is 0 Å². The topological polar surface area (TPSA) is 81.2 Å². The van der Waals surface area contributed by atoms with E-state index in [0.717, 1.165) is 5.76 Å². The molecule has 0 saturated carbocycles. The molecule has 0 atom stereocenters. The smallest absolute Gasteiger partial charge is 0.255 e. The van der Waals surface area contributed by atoms with Crippen LogP contribution in [0.5, 0.6) is 0 Å². The standard InChI is InChI=1S/C13H17N3O3/c1-7(2)11-5-10(8(3)18-11)13(17)14-6-12-16-15-9(4)19-12/h5,7H,6H2,1-4H3,(H,14,17). The summed E-state index contributed by atoms with van der Waals surface area (Å²) in [5, 5.41) is 10.2. The fourth-order valence-corrected chi connectivity index (χ4v) is 1.68. The highest BCUT2D eigenvalue weighted by Crippen LogP contribution is 2.21. The molecule has 0 spiro atoms. The van der Waals surface area contributed by atoms with Crippen molar-refractivity contribution >= 4 is 5.91 Å². The Morgan fingerprint density at radius 3 is 2.58 bits per heavy atom. The Labute approximate surface area is 111 Å². The minimum Gasteiger partial charge on any atom is -0.465 e. The summed E-state index contributed by atoms with van der Waals surface area (Å²) < 4.78 is 10.7. The van der Waals surface area contributed by atoms with E-state index in [1.54, 1.807) is 19.9 Å². The number of nitrogens with one attached hydrogen (secondary N) is 1. The van der Waals surface area contributed by atoms with Crippen molar-refractivity contribution < 1.29 is 13.6 Å². The predicted molar refractivity (Wildman–Crippen MR) is 67.7 cm³/mol. The summed E-state index contributed by atoms with van der Waals surface area (Å²) in [4.78, 5) is 12.0. The van der Waals surface area contributed by atoms with Gasteiger partial charge in [-0.05, 0) is 13.0 Å². The molecular weight excluding hydrogens is 246 g/mol. The Hall–Kier alpha value is -2.11. The molecular formula is C13H17N3O3. The van der Waals surface area contributed by atoms with E-state index in [0.29, 0.717) is 23.1 Å². The van der Waals surface area contributed by atoms with Crippen LogP contribution in [0.2, 0.25) is 0 Å². The van der Waals surface area contributed by atoms with Crippen LogP contribution in [0.3, 0.4) is 0 Å². The van der Waals surface area contributed by atoms with E-state index in [1.807, 2.05) is 13.8 Å². The summed E-state index contributed by atoms with van der Waals surface area (Å²) in [6, 6.07) is 1.77. The van der Waals surface area contributed by atoms with Gasteiger partial charge >= 0.3 is 0 Å². The Morgan fingerprint density at radius 1 is 1.32 bits per heavy atom. The van der Waals surface area contributed by atoms with Crippen LogP contribution >= 0.6 is 0 Å². The van der Waals surface area contributed by atoms with Crippen molar-refractivity contribution in [1.29, 1.82) is 0 Å². The van der Waals surface area contributed by atoms with Crippen molar-refractivity contribution in [3.63, 3.8) is 0 Å². The number of hydrogen-bond acceptors (Lipinski definition) is 5. The highest BCUT2D eigenvalue weighted by molar-refractivity contribution is 5.95. The SMILES string of the molecule is Cc1nnc(CNC(=O)c2cc(C(C)C)oc2C)o1. The number of hydrogen-bond donors (Lipinski definition) is 1. The molecule has 1 N–H and O–H groups in total. The van der Waals surface area contributed by atoms with Crippen LogP contribution in [0.4, 0.5) is 0 Å². The first-order valence-electron chi connectivity index (χ1n) is 6.15. The molecule has 0 aliphatic carbocycles. The van der Waals surface area contributed by atoms with Gasteiger partial charge in [0.05, 0.1) is 12.1 Å². The van der Waals surface area contributed by atoms with Crippen LogP contribution in [0.25, 0.3) is 0 Å². The lowest BCUT2D eigenvalue weighted by Gasteiger charge is -2.00. The number of nitrogens with zero attached hydrogens (tertiary/aromatic N) is 2. The molecule has 19 heavy (non-hydrogen) atoms. The van der Waals surface area contributed by atoms with Crippen LogP contribution in [0, 0.1) is 13.8 Å². The minimum atomic E-state index is -0.205. The van der Waals surface area contributed by atoms with Crippen LogP contribution in [-0.2, 0) is 6.54 Å². The van der Waals surface area contributed by atoms with Gasteiger partial charge in [-0.15, -0.1) is 10.2 Å². The summed E-state index contributed by atoms with van der Waals surface area (Å²) in [6.07, 6.45) is 0. The van der Waals surface area contributed by atoms with Gasteiger partial charge in [0.2, 0.25) is 11.8 Å². The molecule has 1 amide bonds. The van der Waals surface area contributed by atoms with Crippen LogP contribution in [0.1, 0.15) is 53.4 Å². The summed E-state index contributed by atoms with van der Waals surface area (Å²) in [5.41, 5.74) is 0.542. The number of aryl methyl sites for hydroxylation is 2. The number of aromatic nitrogens is 2. The van der Waals surface area contributed by atoms with Gasteiger partial charge in [0.15, 0.2) is 0 Å². The van der Waals surface area contributed by atoms with E-state index in [1.165, 1.54) is 0 Å². The van der Waals surface area contributed by atoms with Crippen LogP contribution in [0.15, 0.2) is 14.9 Å². The molecule has 0 unspecified atom stereocenters. The fourth-order valence-electron chi connectivity index (χ4n) is 1.68. The van der Waals surface area contributed by atoms with Gasteiger partial charge < -0.3 is 14.2 Å². The van der Waals surface area contributed by atoms with E-state index < -0.39 is 0 Å². The minimum absolute atomic E-state index is 0.205. The molecule has 0 aromatic carbocycles. The molecule has 0 radical (unpaired) electrons. The van der Waals surface area contributed by atoms with Gasteiger partial charge in [-0.1, -0.05) is 13.8 Å². The zero-order valence-corrected chi connectivity index (χ0v) is 11.5. The molecule has 0 saturated heterocycles. The average molecular weight is 263 g/mol. The Bertz CT molecular complexity index is 584. The van der Waals surface area contributed by atoms with Gasteiger partial charge in [-0.3, -0.25) is 4.79 Å². The first-order chi connectivity index (χ1) is 8.97. The molecule has 2 aromatic heterocycles. The second-order valence-corrected chi connectivity index (χ2v) is 4.67. The van der Waals surface area contributed by atoms with Gasteiger partial charge in [0, 0.05) is 12.8 Å². The Morgan fingerprint density at radius 2 is 2.05 bits per heavy atom. The maximum atomic E-state index is 12.0.